The molecule has 0 radical (unpaired) electrons. The maximum Gasteiger partial charge on any atom is 0.224 e. The molecule has 2 rings (SSSR count). The number of anilines is 1. The van der Waals surface area contributed by atoms with Crippen molar-refractivity contribution < 1.29 is 0 Å². The van der Waals surface area contributed by atoms with E-state index in [9.17, 15) is 0 Å². The first-order chi connectivity index (χ1) is 6.65. The molecule has 2 aromatic rings. The zero-order chi connectivity index (χ0) is 10.1. The minimum absolute atomic E-state index is 0.266. The molecular formula is C8H8N4S2. The van der Waals surface area contributed by atoms with Gasteiger partial charge >= 0.3 is 0 Å². The molecule has 0 aliphatic carbocycles. The van der Waals surface area contributed by atoms with Crippen molar-refractivity contribution in [2.45, 2.75) is 6.92 Å². The summed E-state index contributed by atoms with van der Waals surface area (Å²) in [5.41, 5.74) is 5.53. The molecule has 4 nitrogen and oxygen atoms in total. The van der Waals surface area contributed by atoms with Gasteiger partial charge in [-0.15, -0.1) is 11.3 Å². The molecule has 2 aromatic heterocycles. The first-order valence-electron chi connectivity index (χ1n) is 3.96. The SMILES string of the molecule is Cc1ccc(-c2nc(=S)nc(N)[nH]2)s1. The average Bonchev–Trinajstić information content (AvgIpc) is 2.50. The zero-order valence-corrected chi connectivity index (χ0v) is 9.08. The molecule has 2 heterocycles. The highest BCUT2D eigenvalue weighted by molar-refractivity contribution is 7.71. The molecule has 6 heteroatoms. The topological polar surface area (TPSA) is 67.6 Å². The van der Waals surface area contributed by atoms with Crippen LogP contribution in [-0.4, -0.2) is 15.0 Å². The van der Waals surface area contributed by atoms with Crippen molar-refractivity contribution in [3.05, 3.63) is 21.8 Å². The lowest BCUT2D eigenvalue weighted by atomic mass is 10.4. The van der Waals surface area contributed by atoms with Crippen molar-refractivity contribution in [1.82, 2.24) is 15.0 Å². The van der Waals surface area contributed by atoms with E-state index in [0.717, 1.165) is 4.88 Å². The molecule has 0 unspecified atom stereocenters. The lowest BCUT2D eigenvalue weighted by Crippen LogP contribution is -1.98. The number of aryl methyl sites for hydroxylation is 1. The van der Waals surface area contributed by atoms with E-state index in [1.54, 1.807) is 11.3 Å². The second kappa shape index (κ2) is 3.47. The number of H-pyrrole nitrogens is 1. The van der Waals surface area contributed by atoms with Gasteiger partial charge in [0, 0.05) is 4.88 Å². The van der Waals surface area contributed by atoms with E-state index in [1.807, 2.05) is 19.1 Å². The van der Waals surface area contributed by atoms with E-state index < -0.39 is 0 Å². The van der Waals surface area contributed by atoms with Gasteiger partial charge in [0.15, 0.2) is 5.82 Å². The summed E-state index contributed by atoms with van der Waals surface area (Å²) in [5.74, 6) is 0.978. The van der Waals surface area contributed by atoms with Gasteiger partial charge in [0.2, 0.25) is 10.7 Å². The van der Waals surface area contributed by atoms with Crippen LogP contribution in [0.15, 0.2) is 12.1 Å². The van der Waals surface area contributed by atoms with Gasteiger partial charge in [-0.3, -0.25) is 0 Å². The van der Waals surface area contributed by atoms with E-state index in [1.165, 1.54) is 4.88 Å². The van der Waals surface area contributed by atoms with Gasteiger partial charge < -0.3 is 10.7 Å². The van der Waals surface area contributed by atoms with Crippen molar-refractivity contribution in [2.24, 2.45) is 0 Å². The molecule has 0 saturated carbocycles. The van der Waals surface area contributed by atoms with Crippen molar-refractivity contribution in [3.8, 4) is 10.7 Å². The summed E-state index contributed by atoms with van der Waals surface area (Å²) in [6.07, 6.45) is 0. The van der Waals surface area contributed by atoms with Gasteiger partial charge in [-0.2, -0.15) is 9.97 Å². The zero-order valence-electron chi connectivity index (χ0n) is 7.44. The number of aromatic nitrogens is 3. The second-order valence-electron chi connectivity index (χ2n) is 2.78. The first kappa shape index (κ1) is 9.29. The van der Waals surface area contributed by atoms with Crippen LogP contribution in [0.3, 0.4) is 0 Å². The Morgan fingerprint density at radius 3 is 2.79 bits per heavy atom. The molecular weight excluding hydrogens is 216 g/mol. The van der Waals surface area contributed by atoms with Crippen LogP contribution in [0.5, 0.6) is 0 Å². The largest absolute Gasteiger partial charge is 0.369 e. The van der Waals surface area contributed by atoms with E-state index in [4.69, 9.17) is 18.0 Å². The summed E-state index contributed by atoms with van der Waals surface area (Å²) in [5, 5.41) is 0. The smallest absolute Gasteiger partial charge is 0.224 e. The quantitative estimate of drug-likeness (QED) is 0.728. The Morgan fingerprint density at radius 2 is 2.21 bits per heavy atom. The predicted octanol–water partition coefficient (Wildman–Crippen LogP) is 2.15. The molecule has 0 aliphatic rings. The summed E-state index contributed by atoms with van der Waals surface area (Å²) >= 11 is 6.51. The Morgan fingerprint density at radius 1 is 1.43 bits per heavy atom. The molecule has 0 spiro atoms. The molecule has 3 N–H and O–H groups in total. The van der Waals surface area contributed by atoms with Crippen LogP contribution in [0.2, 0.25) is 0 Å². The van der Waals surface area contributed by atoms with Crippen molar-refractivity contribution in [3.63, 3.8) is 0 Å². The fourth-order valence-electron chi connectivity index (χ4n) is 1.08. The summed E-state index contributed by atoms with van der Waals surface area (Å²) < 4.78 is 0.266. The molecule has 14 heavy (non-hydrogen) atoms. The van der Waals surface area contributed by atoms with Crippen molar-refractivity contribution in [1.29, 1.82) is 0 Å². The third kappa shape index (κ3) is 1.80. The average molecular weight is 224 g/mol. The molecule has 0 bridgehead atoms. The van der Waals surface area contributed by atoms with Crippen LogP contribution in [0.25, 0.3) is 10.7 Å². The Balaban J connectivity index is 2.56. The fourth-order valence-corrected chi connectivity index (χ4v) is 2.08. The third-order valence-electron chi connectivity index (χ3n) is 1.64. The van der Waals surface area contributed by atoms with Gasteiger partial charge in [-0.05, 0) is 31.3 Å². The number of nitrogen functional groups attached to an aromatic ring is 1. The van der Waals surface area contributed by atoms with Crippen molar-refractivity contribution in [2.75, 3.05) is 5.73 Å². The number of thiophene rings is 1. The molecule has 0 aromatic carbocycles. The Hall–Kier alpha value is -1.27. The van der Waals surface area contributed by atoms with Gasteiger partial charge in [-0.25, -0.2) is 0 Å². The third-order valence-corrected chi connectivity index (χ3v) is 2.83. The van der Waals surface area contributed by atoms with Crippen LogP contribution in [0, 0.1) is 11.7 Å². The molecule has 0 fully saturated rings. The minimum Gasteiger partial charge on any atom is -0.369 e. The van der Waals surface area contributed by atoms with Crippen LogP contribution in [-0.2, 0) is 0 Å². The summed E-state index contributed by atoms with van der Waals surface area (Å²) in [4.78, 5) is 13.0. The lowest BCUT2D eigenvalue weighted by molar-refractivity contribution is 1.05. The normalized spacial score (nSPS) is 10.4. The van der Waals surface area contributed by atoms with E-state index in [0.29, 0.717) is 11.8 Å². The number of nitrogens with two attached hydrogens (primary N) is 1. The van der Waals surface area contributed by atoms with E-state index in [2.05, 4.69) is 15.0 Å². The highest BCUT2D eigenvalue weighted by atomic mass is 32.1. The van der Waals surface area contributed by atoms with Gasteiger partial charge in [0.1, 0.15) is 0 Å². The number of nitrogens with zero attached hydrogens (tertiary/aromatic N) is 2. The highest BCUT2D eigenvalue weighted by Gasteiger charge is 2.03. The van der Waals surface area contributed by atoms with Crippen LogP contribution in [0.4, 0.5) is 5.95 Å². The summed E-state index contributed by atoms with van der Waals surface area (Å²) in [6, 6.07) is 4.00. The Labute approximate surface area is 89.9 Å². The van der Waals surface area contributed by atoms with Crippen LogP contribution in [0.1, 0.15) is 4.88 Å². The number of hydrogen-bond acceptors (Lipinski definition) is 5. The Bertz CT molecular complexity index is 514. The van der Waals surface area contributed by atoms with Crippen molar-refractivity contribution >= 4 is 29.5 Å². The molecule has 0 aliphatic heterocycles. The number of hydrogen-bond donors (Lipinski definition) is 2. The lowest BCUT2D eigenvalue weighted by Gasteiger charge is -1.97. The maximum atomic E-state index is 5.53. The molecule has 0 saturated heterocycles. The number of nitrogens with one attached hydrogen (secondary N) is 1. The standard InChI is InChI=1S/C8H8N4S2/c1-4-2-3-5(14-4)6-10-7(9)12-8(13)11-6/h2-3H,1H3,(H3,9,10,11,12,13). The van der Waals surface area contributed by atoms with Gasteiger partial charge in [0.25, 0.3) is 0 Å². The summed E-state index contributed by atoms with van der Waals surface area (Å²) in [6.45, 7) is 2.04. The summed E-state index contributed by atoms with van der Waals surface area (Å²) in [7, 11) is 0. The molecule has 0 atom stereocenters. The van der Waals surface area contributed by atoms with Gasteiger partial charge in [0.05, 0.1) is 4.88 Å². The van der Waals surface area contributed by atoms with Crippen LogP contribution >= 0.6 is 23.6 Å². The molecule has 72 valence electrons. The van der Waals surface area contributed by atoms with Gasteiger partial charge in [-0.1, -0.05) is 0 Å². The maximum absolute atomic E-state index is 5.53. The van der Waals surface area contributed by atoms with Crippen LogP contribution < -0.4 is 5.73 Å². The highest BCUT2D eigenvalue weighted by Crippen LogP contribution is 2.24. The van der Waals surface area contributed by atoms with E-state index in [-0.39, 0.29) is 4.77 Å². The second-order valence-corrected chi connectivity index (χ2v) is 4.43. The van der Waals surface area contributed by atoms with E-state index >= 15 is 0 Å². The predicted molar refractivity (Wildman–Crippen MR) is 59.7 cm³/mol. The number of aromatic amines is 1. The Kier molecular flexibility index (Phi) is 2.30. The number of rotatable bonds is 1. The monoisotopic (exact) mass is 224 g/mol. The fraction of sp³-hybridized carbons (Fsp3) is 0.125. The first-order valence-corrected chi connectivity index (χ1v) is 5.18. The molecule has 0 amide bonds. The minimum atomic E-state index is 0.266.